The van der Waals surface area contributed by atoms with Gasteiger partial charge in [-0.05, 0) is 50.6 Å². The number of hydrogen-bond donors (Lipinski definition) is 1. The van der Waals surface area contributed by atoms with Crippen LogP contribution in [0.1, 0.15) is 26.7 Å². The van der Waals surface area contributed by atoms with Crippen LogP contribution < -0.4 is 0 Å². The van der Waals surface area contributed by atoms with Crippen molar-refractivity contribution in [3.63, 3.8) is 0 Å². The van der Waals surface area contributed by atoms with Crippen molar-refractivity contribution in [3.8, 4) is 5.75 Å². The molecule has 0 bridgehead atoms. The average molecular weight is 336 g/mol. The van der Waals surface area contributed by atoms with Crippen LogP contribution in [0.15, 0.2) is 23.1 Å². The van der Waals surface area contributed by atoms with Crippen LogP contribution >= 0.6 is 19.4 Å². The van der Waals surface area contributed by atoms with Crippen molar-refractivity contribution in [3.05, 3.63) is 24.0 Å². The van der Waals surface area contributed by atoms with Gasteiger partial charge in [0.2, 0.25) is 0 Å². The summed E-state index contributed by atoms with van der Waals surface area (Å²) in [5.41, 5.74) is 0. The summed E-state index contributed by atoms with van der Waals surface area (Å²) in [7, 11) is -2.97. The molecule has 0 amide bonds. The van der Waals surface area contributed by atoms with E-state index >= 15 is 0 Å². The van der Waals surface area contributed by atoms with E-state index in [0.717, 1.165) is 6.42 Å². The fraction of sp³-hybridized carbons (Fsp3) is 0.571. The highest BCUT2D eigenvalue weighted by Gasteiger charge is 2.22. The normalized spacial score (nSPS) is 11.8. The number of halogens is 1. The Kier molecular flexibility index (Phi) is 8.34. The molecule has 120 valence electrons. The summed E-state index contributed by atoms with van der Waals surface area (Å²) >= 11 is 1.38. The molecule has 0 aromatic heterocycles. The van der Waals surface area contributed by atoms with Crippen molar-refractivity contribution in [2.75, 3.05) is 25.1 Å². The zero-order chi connectivity index (χ0) is 15.7. The third-order valence-corrected chi connectivity index (χ3v) is 5.96. The molecule has 1 aromatic carbocycles. The summed E-state index contributed by atoms with van der Waals surface area (Å²) in [6, 6.07) is 3.88. The van der Waals surface area contributed by atoms with E-state index in [4.69, 9.17) is 9.05 Å². The van der Waals surface area contributed by atoms with Crippen LogP contribution in [0.25, 0.3) is 0 Å². The lowest BCUT2D eigenvalue weighted by Gasteiger charge is -2.16. The second-order valence-electron chi connectivity index (χ2n) is 4.34. The molecule has 0 unspecified atom stereocenters. The summed E-state index contributed by atoms with van der Waals surface area (Å²) in [5, 5.41) is 9.59. The van der Waals surface area contributed by atoms with Crippen LogP contribution in [-0.4, -0.2) is 30.2 Å². The van der Waals surface area contributed by atoms with Gasteiger partial charge in [-0.2, -0.15) is 0 Å². The van der Waals surface area contributed by atoms with Crippen LogP contribution in [0.2, 0.25) is 0 Å². The molecular formula is C14H22FO4PS. The van der Waals surface area contributed by atoms with E-state index in [2.05, 4.69) is 0 Å². The van der Waals surface area contributed by atoms with Crippen molar-refractivity contribution in [2.45, 2.75) is 31.6 Å². The van der Waals surface area contributed by atoms with E-state index in [9.17, 15) is 14.1 Å². The zero-order valence-electron chi connectivity index (χ0n) is 12.4. The van der Waals surface area contributed by atoms with Gasteiger partial charge >= 0.3 is 7.60 Å². The van der Waals surface area contributed by atoms with Crippen LogP contribution in [0.3, 0.4) is 0 Å². The minimum atomic E-state index is -2.97. The predicted molar refractivity (Wildman–Crippen MR) is 83.7 cm³/mol. The first-order valence-corrected chi connectivity index (χ1v) is 9.71. The van der Waals surface area contributed by atoms with E-state index in [1.807, 2.05) is 0 Å². The second kappa shape index (κ2) is 9.46. The van der Waals surface area contributed by atoms with Gasteiger partial charge < -0.3 is 14.2 Å². The van der Waals surface area contributed by atoms with E-state index in [1.54, 1.807) is 13.8 Å². The van der Waals surface area contributed by atoms with Crippen LogP contribution in [0.5, 0.6) is 5.75 Å². The Bertz CT molecular complexity index is 474. The van der Waals surface area contributed by atoms with Crippen molar-refractivity contribution in [1.29, 1.82) is 0 Å². The number of rotatable bonds is 10. The van der Waals surface area contributed by atoms with Gasteiger partial charge in [0.05, 0.1) is 24.3 Å². The number of thioether (sulfide) groups is 1. The second-order valence-corrected chi connectivity index (χ2v) is 7.66. The number of phenols is 1. The molecule has 1 N–H and O–H groups in total. The molecular weight excluding hydrogens is 314 g/mol. The van der Waals surface area contributed by atoms with E-state index in [-0.39, 0.29) is 11.6 Å². The summed E-state index contributed by atoms with van der Waals surface area (Å²) < 4.78 is 35.7. The standard InChI is InChI=1S/C14H22FO4PS/c1-3-18-20(17,19-4-2)9-5-6-10-21-14-11-12(15)7-8-13(14)16/h7-8,11,16H,3-6,9-10H2,1-2H3. The molecule has 21 heavy (non-hydrogen) atoms. The van der Waals surface area contributed by atoms with Gasteiger partial charge in [0.1, 0.15) is 11.6 Å². The minimum absolute atomic E-state index is 0.0794. The maximum atomic E-state index is 13.1. The average Bonchev–Trinajstić information content (AvgIpc) is 2.42. The number of unbranched alkanes of at least 4 members (excludes halogenated alkanes) is 1. The summed E-state index contributed by atoms with van der Waals surface area (Å²) in [4.78, 5) is 0.521. The Labute approximate surface area is 129 Å². The van der Waals surface area contributed by atoms with Gasteiger partial charge in [0.15, 0.2) is 0 Å². The molecule has 0 saturated heterocycles. The first-order chi connectivity index (χ1) is 10.0. The highest BCUT2D eigenvalue weighted by Crippen LogP contribution is 2.48. The highest BCUT2D eigenvalue weighted by molar-refractivity contribution is 7.99. The highest BCUT2D eigenvalue weighted by atomic mass is 32.2. The lowest BCUT2D eigenvalue weighted by atomic mass is 10.3. The lowest BCUT2D eigenvalue weighted by Crippen LogP contribution is -2.00. The third kappa shape index (κ3) is 6.83. The smallest absolute Gasteiger partial charge is 0.330 e. The molecule has 0 atom stereocenters. The molecule has 1 rings (SSSR count). The minimum Gasteiger partial charge on any atom is -0.507 e. The number of hydrogen-bond acceptors (Lipinski definition) is 5. The van der Waals surface area contributed by atoms with Crippen LogP contribution in [0, 0.1) is 5.82 Å². The van der Waals surface area contributed by atoms with Crippen molar-refractivity contribution in [2.24, 2.45) is 0 Å². The lowest BCUT2D eigenvalue weighted by molar-refractivity contribution is 0.219. The Hall–Kier alpha value is -0.550. The zero-order valence-corrected chi connectivity index (χ0v) is 14.1. The maximum Gasteiger partial charge on any atom is 0.330 e. The van der Waals surface area contributed by atoms with Crippen molar-refractivity contribution >= 4 is 19.4 Å². The predicted octanol–water partition coefficient (Wildman–Crippen LogP) is 4.67. The number of phenolic OH excluding ortho intramolecular Hbond substituents is 1. The fourth-order valence-electron chi connectivity index (χ4n) is 1.75. The van der Waals surface area contributed by atoms with Crippen LogP contribution in [-0.2, 0) is 13.6 Å². The third-order valence-electron chi connectivity index (χ3n) is 2.66. The van der Waals surface area contributed by atoms with E-state index in [0.29, 0.717) is 36.4 Å². The van der Waals surface area contributed by atoms with Gasteiger partial charge in [-0.1, -0.05) is 0 Å². The topological polar surface area (TPSA) is 55.8 Å². The number of benzene rings is 1. The van der Waals surface area contributed by atoms with Gasteiger partial charge in [0, 0.05) is 0 Å². The molecule has 0 aliphatic rings. The molecule has 0 heterocycles. The first-order valence-electron chi connectivity index (χ1n) is 7.00. The van der Waals surface area contributed by atoms with Gasteiger partial charge in [-0.15, -0.1) is 11.8 Å². The summed E-state index contributed by atoms with van der Waals surface area (Å²) in [5.74, 6) is 0.415. The fourth-order valence-corrected chi connectivity index (χ4v) is 4.46. The van der Waals surface area contributed by atoms with Gasteiger partial charge in [-0.25, -0.2) is 4.39 Å². The molecule has 0 spiro atoms. The summed E-state index contributed by atoms with van der Waals surface area (Å²) in [6.45, 7) is 4.30. The van der Waals surface area contributed by atoms with Gasteiger partial charge in [0.25, 0.3) is 0 Å². The summed E-state index contributed by atoms with van der Waals surface area (Å²) in [6.07, 6.45) is 1.86. The Morgan fingerprint density at radius 1 is 1.24 bits per heavy atom. The quantitative estimate of drug-likeness (QED) is 0.382. The largest absolute Gasteiger partial charge is 0.507 e. The number of aromatic hydroxyl groups is 1. The van der Waals surface area contributed by atoms with E-state index in [1.165, 1.54) is 30.0 Å². The van der Waals surface area contributed by atoms with Crippen molar-refractivity contribution in [1.82, 2.24) is 0 Å². The Morgan fingerprint density at radius 2 is 1.90 bits per heavy atom. The molecule has 4 nitrogen and oxygen atoms in total. The molecule has 7 heteroatoms. The monoisotopic (exact) mass is 336 g/mol. The van der Waals surface area contributed by atoms with Gasteiger partial charge in [-0.3, -0.25) is 4.57 Å². The SMILES string of the molecule is CCOP(=O)(CCCCSc1cc(F)ccc1O)OCC. The molecule has 0 aliphatic heterocycles. The van der Waals surface area contributed by atoms with E-state index < -0.39 is 7.60 Å². The molecule has 1 aromatic rings. The molecule has 0 fully saturated rings. The first kappa shape index (κ1) is 18.5. The molecule has 0 aliphatic carbocycles. The maximum absolute atomic E-state index is 13.1. The molecule has 0 radical (unpaired) electrons. The molecule has 0 saturated carbocycles. The Balaban J connectivity index is 2.33. The van der Waals surface area contributed by atoms with Crippen LogP contribution in [0.4, 0.5) is 4.39 Å². The Morgan fingerprint density at radius 3 is 2.52 bits per heavy atom. The van der Waals surface area contributed by atoms with Crippen molar-refractivity contribution < 1.29 is 23.1 Å².